The van der Waals surface area contributed by atoms with E-state index >= 15 is 0 Å². The Morgan fingerprint density at radius 3 is 2.85 bits per heavy atom. The van der Waals surface area contributed by atoms with Crippen LogP contribution in [0.15, 0.2) is 18.2 Å². The van der Waals surface area contributed by atoms with Crippen LogP contribution >= 0.6 is 0 Å². The summed E-state index contributed by atoms with van der Waals surface area (Å²) >= 11 is 0. The highest BCUT2D eigenvalue weighted by Gasteiger charge is 2.15. The first kappa shape index (κ1) is 15.3. The van der Waals surface area contributed by atoms with Crippen molar-refractivity contribution in [2.24, 2.45) is 0 Å². The highest BCUT2D eigenvalue weighted by atomic mass is 32.2. The molecular weight excluding hydrogens is 278 g/mol. The molecule has 2 rings (SSSR count). The Hall–Kier alpha value is -1.11. The molecular formula is C14H21NO4S. The van der Waals surface area contributed by atoms with Crippen molar-refractivity contribution in [2.45, 2.75) is 12.5 Å². The summed E-state index contributed by atoms with van der Waals surface area (Å²) in [7, 11) is -0.750. The molecule has 5 nitrogen and oxygen atoms in total. The highest BCUT2D eigenvalue weighted by Crippen LogP contribution is 2.32. The average molecular weight is 299 g/mol. The zero-order valence-corrected chi connectivity index (χ0v) is 12.4. The lowest BCUT2D eigenvalue weighted by molar-refractivity contribution is 0.163. The van der Waals surface area contributed by atoms with Crippen LogP contribution in [-0.2, 0) is 10.8 Å². The van der Waals surface area contributed by atoms with Crippen LogP contribution in [0.25, 0.3) is 0 Å². The van der Waals surface area contributed by atoms with Gasteiger partial charge in [0, 0.05) is 29.4 Å². The lowest BCUT2D eigenvalue weighted by Gasteiger charge is -2.20. The van der Waals surface area contributed by atoms with E-state index in [0.717, 1.165) is 24.3 Å². The van der Waals surface area contributed by atoms with Gasteiger partial charge in [-0.05, 0) is 30.7 Å². The summed E-state index contributed by atoms with van der Waals surface area (Å²) < 4.78 is 21.8. The topological polar surface area (TPSA) is 67.8 Å². The lowest BCUT2D eigenvalue weighted by atomic mass is 10.1. The third-order valence-corrected chi connectivity index (χ3v) is 3.94. The second kappa shape index (κ2) is 7.61. The van der Waals surface area contributed by atoms with Crippen LogP contribution in [-0.4, -0.2) is 47.6 Å². The maximum Gasteiger partial charge on any atom is 0.161 e. The number of aliphatic hydroxyl groups is 1. The molecule has 0 saturated carbocycles. The van der Waals surface area contributed by atoms with E-state index < -0.39 is 16.9 Å². The van der Waals surface area contributed by atoms with Crippen molar-refractivity contribution in [1.82, 2.24) is 5.32 Å². The predicted octanol–water partition coefficient (Wildman–Crippen LogP) is 0.849. The van der Waals surface area contributed by atoms with Crippen molar-refractivity contribution in [3.05, 3.63) is 23.8 Å². The molecule has 0 bridgehead atoms. The van der Waals surface area contributed by atoms with E-state index in [4.69, 9.17) is 9.47 Å². The maximum atomic E-state index is 10.9. The Morgan fingerprint density at radius 2 is 2.10 bits per heavy atom. The summed E-state index contributed by atoms with van der Waals surface area (Å²) in [5.41, 5.74) is 0.806. The van der Waals surface area contributed by atoms with Crippen molar-refractivity contribution in [2.75, 3.05) is 38.3 Å². The van der Waals surface area contributed by atoms with Crippen molar-refractivity contribution in [3.63, 3.8) is 0 Å². The third-order valence-electron chi connectivity index (χ3n) is 3.07. The van der Waals surface area contributed by atoms with Crippen LogP contribution in [0.2, 0.25) is 0 Å². The monoisotopic (exact) mass is 299 g/mol. The number of rotatable bonds is 7. The first-order chi connectivity index (χ1) is 9.66. The van der Waals surface area contributed by atoms with Gasteiger partial charge in [-0.2, -0.15) is 0 Å². The molecule has 2 N–H and O–H groups in total. The maximum absolute atomic E-state index is 10.9. The largest absolute Gasteiger partial charge is 0.486 e. The average Bonchev–Trinajstić information content (AvgIpc) is 2.46. The van der Waals surface area contributed by atoms with E-state index in [0.29, 0.717) is 31.3 Å². The minimum Gasteiger partial charge on any atom is -0.486 e. The number of nitrogens with one attached hydrogen (secondary N) is 1. The smallest absolute Gasteiger partial charge is 0.161 e. The fourth-order valence-corrected chi connectivity index (χ4v) is 2.58. The standard InChI is InChI=1S/C14H21NO4S/c1-20(17)8-2-5-15-10-12(16)11-3-4-13-14(9-11)19-7-6-18-13/h3-4,9,12,15-16H,2,5-8,10H2,1H3. The van der Waals surface area contributed by atoms with E-state index in [1.165, 1.54) is 0 Å². The SMILES string of the molecule is CS(=O)CCCNCC(O)c1ccc2c(c1)OCCO2. The molecule has 6 heteroatoms. The molecule has 1 aliphatic heterocycles. The Kier molecular flexibility index (Phi) is 5.82. The Morgan fingerprint density at radius 1 is 1.35 bits per heavy atom. The summed E-state index contributed by atoms with van der Waals surface area (Å²) in [5.74, 6) is 2.10. The molecule has 112 valence electrons. The van der Waals surface area contributed by atoms with Crippen molar-refractivity contribution in [1.29, 1.82) is 0 Å². The van der Waals surface area contributed by atoms with Gasteiger partial charge >= 0.3 is 0 Å². The van der Waals surface area contributed by atoms with Gasteiger partial charge in [0.2, 0.25) is 0 Å². The molecule has 20 heavy (non-hydrogen) atoms. The molecule has 1 aliphatic rings. The molecule has 1 heterocycles. The van der Waals surface area contributed by atoms with Crippen LogP contribution in [0.3, 0.4) is 0 Å². The number of aliphatic hydroxyl groups excluding tert-OH is 1. The molecule has 1 aromatic carbocycles. The van der Waals surface area contributed by atoms with E-state index in [2.05, 4.69) is 5.32 Å². The van der Waals surface area contributed by atoms with Gasteiger partial charge in [-0.15, -0.1) is 0 Å². The first-order valence-corrected chi connectivity index (χ1v) is 8.48. The fraction of sp³-hybridized carbons (Fsp3) is 0.571. The molecule has 0 aliphatic carbocycles. The van der Waals surface area contributed by atoms with Crippen LogP contribution in [0.5, 0.6) is 11.5 Å². The van der Waals surface area contributed by atoms with Crippen molar-refractivity contribution < 1.29 is 18.8 Å². The van der Waals surface area contributed by atoms with E-state index in [-0.39, 0.29) is 0 Å². The van der Waals surface area contributed by atoms with E-state index in [1.54, 1.807) is 6.26 Å². The molecule has 2 unspecified atom stereocenters. The molecule has 0 spiro atoms. The van der Waals surface area contributed by atoms with Gasteiger partial charge in [0.1, 0.15) is 13.2 Å². The normalized spacial score (nSPS) is 16.7. The van der Waals surface area contributed by atoms with Crippen molar-refractivity contribution >= 4 is 10.8 Å². The predicted molar refractivity (Wildman–Crippen MR) is 78.8 cm³/mol. The summed E-state index contributed by atoms with van der Waals surface area (Å²) in [6.45, 7) is 2.32. The summed E-state index contributed by atoms with van der Waals surface area (Å²) in [5, 5.41) is 13.3. The second-order valence-corrected chi connectivity index (χ2v) is 6.31. The van der Waals surface area contributed by atoms with Gasteiger partial charge in [0.25, 0.3) is 0 Å². The van der Waals surface area contributed by atoms with Gasteiger partial charge < -0.3 is 19.9 Å². The minimum absolute atomic E-state index is 0.468. The first-order valence-electron chi connectivity index (χ1n) is 6.75. The van der Waals surface area contributed by atoms with Gasteiger partial charge in [0.05, 0.1) is 6.10 Å². The molecule has 0 fully saturated rings. The van der Waals surface area contributed by atoms with Gasteiger partial charge in [-0.25, -0.2) is 0 Å². The Bertz CT molecular complexity index is 466. The van der Waals surface area contributed by atoms with Crippen LogP contribution in [0, 0.1) is 0 Å². The third kappa shape index (κ3) is 4.47. The van der Waals surface area contributed by atoms with Gasteiger partial charge in [-0.1, -0.05) is 6.07 Å². The van der Waals surface area contributed by atoms with Crippen molar-refractivity contribution in [3.8, 4) is 11.5 Å². The summed E-state index contributed by atoms with van der Waals surface area (Å²) in [4.78, 5) is 0. The zero-order chi connectivity index (χ0) is 14.4. The molecule has 0 saturated heterocycles. The second-order valence-electron chi connectivity index (χ2n) is 4.75. The molecule has 2 atom stereocenters. The van der Waals surface area contributed by atoms with Gasteiger partial charge in [0.15, 0.2) is 11.5 Å². The highest BCUT2D eigenvalue weighted by molar-refractivity contribution is 7.84. The van der Waals surface area contributed by atoms with Gasteiger partial charge in [-0.3, -0.25) is 4.21 Å². The van der Waals surface area contributed by atoms with Crippen LogP contribution < -0.4 is 14.8 Å². The van der Waals surface area contributed by atoms with Crippen LogP contribution in [0.1, 0.15) is 18.1 Å². The molecule has 0 amide bonds. The van der Waals surface area contributed by atoms with E-state index in [1.807, 2.05) is 18.2 Å². The molecule has 0 aromatic heterocycles. The summed E-state index contributed by atoms with van der Waals surface area (Å²) in [6.07, 6.45) is 1.96. The number of hydrogen-bond acceptors (Lipinski definition) is 5. The lowest BCUT2D eigenvalue weighted by Crippen LogP contribution is -2.23. The number of benzene rings is 1. The molecule has 1 aromatic rings. The molecule has 0 radical (unpaired) electrons. The Labute approximate surface area is 121 Å². The quantitative estimate of drug-likeness (QED) is 0.731. The number of hydrogen-bond donors (Lipinski definition) is 2. The number of fused-ring (bicyclic) bond motifs is 1. The number of ether oxygens (including phenoxy) is 2. The zero-order valence-electron chi connectivity index (χ0n) is 11.6. The Balaban J connectivity index is 1.80. The van der Waals surface area contributed by atoms with E-state index in [9.17, 15) is 9.32 Å². The minimum atomic E-state index is -0.750. The summed E-state index contributed by atoms with van der Waals surface area (Å²) in [6, 6.07) is 5.50. The fourth-order valence-electron chi connectivity index (χ4n) is 2.02. The van der Waals surface area contributed by atoms with Crippen LogP contribution in [0.4, 0.5) is 0 Å².